The number of hydrogen-bond acceptors (Lipinski definition) is 9. The van der Waals surface area contributed by atoms with Crippen LogP contribution in [0.5, 0.6) is 0 Å². The van der Waals surface area contributed by atoms with E-state index in [1.165, 1.54) is 11.8 Å². The summed E-state index contributed by atoms with van der Waals surface area (Å²) in [5.74, 6) is 0.622. The number of aromatic nitrogens is 3. The van der Waals surface area contributed by atoms with E-state index < -0.39 is 0 Å². The number of rotatable bonds is 6. The Morgan fingerprint density at radius 1 is 1.24 bits per heavy atom. The maximum absolute atomic E-state index is 11.9. The molecule has 4 rings (SSSR count). The van der Waals surface area contributed by atoms with E-state index in [-0.39, 0.29) is 18.3 Å². The maximum Gasteiger partial charge on any atom is 0.316 e. The molecule has 3 heterocycles. The molecule has 0 aliphatic heterocycles. The minimum absolute atomic E-state index is 0.00707. The van der Waals surface area contributed by atoms with E-state index >= 15 is 0 Å². The van der Waals surface area contributed by atoms with Gasteiger partial charge in [-0.1, -0.05) is 29.1 Å². The second-order valence-corrected chi connectivity index (χ2v) is 7.96. The first-order valence-corrected chi connectivity index (χ1v) is 10.0. The second kappa shape index (κ2) is 7.34. The molecule has 3 aromatic heterocycles. The number of thioether (sulfide) groups is 1. The molecule has 0 spiro atoms. The minimum Gasteiger partial charge on any atom is -0.457 e. The number of thiophene rings is 1. The molecule has 25 heavy (non-hydrogen) atoms. The molecule has 0 N–H and O–H groups in total. The van der Waals surface area contributed by atoms with Gasteiger partial charge in [-0.15, -0.1) is 11.3 Å². The highest BCUT2D eigenvalue weighted by atomic mass is 32.2. The van der Waals surface area contributed by atoms with Gasteiger partial charge in [0.25, 0.3) is 5.89 Å². The number of para-hydroxylation sites is 1. The van der Waals surface area contributed by atoms with Gasteiger partial charge in [-0.05, 0) is 23.6 Å². The lowest BCUT2D eigenvalue weighted by atomic mass is 10.3. The first kappa shape index (κ1) is 16.2. The molecule has 0 atom stereocenters. The van der Waals surface area contributed by atoms with E-state index in [2.05, 4.69) is 15.1 Å². The number of carbonyl (C=O) groups is 1. The zero-order valence-corrected chi connectivity index (χ0v) is 15.2. The maximum atomic E-state index is 11.9. The van der Waals surface area contributed by atoms with Gasteiger partial charge in [0.15, 0.2) is 10.9 Å². The summed E-state index contributed by atoms with van der Waals surface area (Å²) in [7, 11) is 0. The molecule has 126 valence electrons. The van der Waals surface area contributed by atoms with Crippen LogP contribution >= 0.6 is 34.4 Å². The van der Waals surface area contributed by atoms with E-state index in [1.54, 1.807) is 22.7 Å². The van der Waals surface area contributed by atoms with Gasteiger partial charge in [0.05, 0.1) is 21.5 Å². The zero-order valence-electron chi connectivity index (χ0n) is 12.7. The Morgan fingerprint density at radius 3 is 3.00 bits per heavy atom. The van der Waals surface area contributed by atoms with Gasteiger partial charge in [0.2, 0.25) is 5.82 Å². The third-order valence-electron chi connectivity index (χ3n) is 3.19. The smallest absolute Gasteiger partial charge is 0.316 e. The summed E-state index contributed by atoms with van der Waals surface area (Å²) in [5.41, 5.74) is 1.80. The molecular weight excluding hydrogens is 378 g/mol. The van der Waals surface area contributed by atoms with Crippen LogP contribution in [-0.2, 0) is 16.1 Å². The third kappa shape index (κ3) is 3.89. The Kier molecular flexibility index (Phi) is 4.77. The van der Waals surface area contributed by atoms with E-state index in [4.69, 9.17) is 9.26 Å². The van der Waals surface area contributed by atoms with Crippen LogP contribution in [0.4, 0.5) is 0 Å². The fraction of sp³-hybridized carbons (Fsp3) is 0.125. The monoisotopic (exact) mass is 389 g/mol. The molecule has 4 aromatic rings. The molecule has 1 aromatic carbocycles. The summed E-state index contributed by atoms with van der Waals surface area (Å²) < 4.78 is 12.3. The number of ether oxygens (including phenoxy) is 1. The molecule has 0 amide bonds. The SMILES string of the molecule is O=C(CSc1nc2ccccc2s1)OCc1noc(-c2ccsc2)n1. The normalized spacial score (nSPS) is 11.0. The number of nitrogens with zero attached hydrogens (tertiary/aromatic N) is 3. The van der Waals surface area contributed by atoms with Crippen molar-refractivity contribution in [2.45, 2.75) is 10.9 Å². The average Bonchev–Trinajstić information content (AvgIpc) is 3.37. The molecular formula is C16H11N3O3S3. The lowest BCUT2D eigenvalue weighted by Gasteiger charge is -1.99. The minimum atomic E-state index is -0.342. The number of benzene rings is 1. The van der Waals surface area contributed by atoms with Gasteiger partial charge >= 0.3 is 5.97 Å². The van der Waals surface area contributed by atoms with Crippen LogP contribution < -0.4 is 0 Å². The van der Waals surface area contributed by atoms with Crippen molar-refractivity contribution in [2.75, 3.05) is 5.75 Å². The van der Waals surface area contributed by atoms with Gasteiger partial charge in [0.1, 0.15) is 0 Å². The highest BCUT2D eigenvalue weighted by Crippen LogP contribution is 2.29. The Labute approximate surface area is 154 Å². The van der Waals surface area contributed by atoms with Gasteiger partial charge in [-0.3, -0.25) is 4.79 Å². The van der Waals surface area contributed by atoms with Crippen molar-refractivity contribution in [2.24, 2.45) is 0 Å². The standard InChI is InChI=1S/C16H11N3O3S3/c20-14(9-24-16-17-11-3-1-2-4-12(11)25-16)21-7-13-18-15(22-19-13)10-5-6-23-8-10/h1-6,8H,7,9H2. The first-order chi connectivity index (χ1) is 12.3. The molecule has 6 nitrogen and oxygen atoms in total. The van der Waals surface area contributed by atoms with Crippen LogP contribution in [0.15, 0.2) is 50.0 Å². The molecule has 0 radical (unpaired) electrons. The van der Waals surface area contributed by atoms with Crippen molar-refractivity contribution in [1.82, 2.24) is 15.1 Å². The Balaban J connectivity index is 1.29. The van der Waals surface area contributed by atoms with Crippen LogP contribution in [0.1, 0.15) is 5.82 Å². The average molecular weight is 389 g/mol. The number of thiazole rings is 1. The summed E-state index contributed by atoms with van der Waals surface area (Å²) in [6.45, 7) is -0.00707. The third-order valence-corrected chi connectivity index (χ3v) is 6.02. The molecule has 0 saturated heterocycles. The van der Waals surface area contributed by atoms with Crippen molar-refractivity contribution in [1.29, 1.82) is 0 Å². The lowest BCUT2D eigenvalue weighted by Crippen LogP contribution is -2.07. The highest BCUT2D eigenvalue weighted by molar-refractivity contribution is 8.01. The fourth-order valence-corrected chi connectivity index (χ4v) is 4.53. The lowest BCUT2D eigenvalue weighted by molar-refractivity contribution is -0.141. The molecule has 0 aliphatic rings. The predicted octanol–water partition coefficient (Wildman–Crippen LogP) is 4.24. The van der Waals surface area contributed by atoms with Crippen molar-refractivity contribution in [3.63, 3.8) is 0 Å². The van der Waals surface area contributed by atoms with E-state index in [1.807, 2.05) is 41.1 Å². The number of carbonyl (C=O) groups excluding carboxylic acids is 1. The predicted molar refractivity (Wildman–Crippen MR) is 97.8 cm³/mol. The number of fused-ring (bicyclic) bond motifs is 1. The molecule has 0 fully saturated rings. The van der Waals surface area contributed by atoms with Gasteiger partial charge < -0.3 is 9.26 Å². The van der Waals surface area contributed by atoms with E-state index in [9.17, 15) is 4.79 Å². The second-order valence-electron chi connectivity index (χ2n) is 4.92. The van der Waals surface area contributed by atoms with Crippen LogP contribution in [0.3, 0.4) is 0 Å². The zero-order chi connectivity index (χ0) is 17.1. The molecule has 9 heteroatoms. The van der Waals surface area contributed by atoms with E-state index in [0.717, 1.165) is 20.1 Å². The summed E-state index contributed by atoms with van der Waals surface area (Å²) in [6.07, 6.45) is 0. The summed E-state index contributed by atoms with van der Waals surface area (Å²) in [4.78, 5) is 20.6. The van der Waals surface area contributed by atoms with Crippen molar-refractivity contribution >= 4 is 50.6 Å². The van der Waals surface area contributed by atoms with E-state index in [0.29, 0.717) is 11.7 Å². The Hall–Kier alpha value is -2.23. The molecule has 0 bridgehead atoms. The molecule has 0 aliphatic carbocycles. The largest absolute Gasteiger partial charge is 0.457 e. The van der Waals surface area contributed by atoms with Crippen LogP contribution in [0, 0.1) is 0 Å². The van der Waals surface area contributed by atoms with Crippen LogP contribution in [0.25, 0.3) is 21.7 Å². The van der Waals surface area contributed by atoms with Crippen molar-refractivity contribution < 1.29 is 14.1 Å². The van der Waals surface area contributed by atoms with Crippen LogP contribution in [-0.4, -0.2) is 26.8 Å². The summed E-state index contributed by atoms with van der Waals surface area (Å²) in [5, 5.41) is 7.66. The quantitative estimate of drug-likeness (QED) is 0.360. The van der Waals surface area contributed by atoms with Gasteiger partial charge in [-0.25, -0.2) is 4.98 Å². The van der Waals surface area contributed by atoms with Crippen molar-refractivity contribution in [3.05, 3.63) is 46.9 Å². The molecule has 0 unspecified atom stereocenters. The molecule has 0 saturated carbocycles. The highest BCUT2D eigenvalue weighted by Gasteiger charge is 2.12. The van der Waals surface area contributed by atoms with Gasteiger partial charge in [-0.2, -0.15) is 16.3 Å². The van der Waals surface area contributed by atoms with Crippen LogP contribution in [0.2, 0.25) is 0 Å². The summed E-state index contributed by atoms with van der Waals surface area (Å²) in [6, 6.07) is 9.77. The first-order valence-electron chi connectivity index (χ1n) is 7.27. The fourth-order valence-electron chi connectivity index (χ4n) is 2.04. The van der Waals surface area contributed by atoms with Crippen molar-refractivity contribution in [3.8, 4) is 11.5 Å². The summed E-state index contributed by atoms with van der Waals surface area (Å²) >= 11 is 4.47. The topological polar surface area (TPSA) is 78.1 Å². The Morgan fingerprint density at radius 2 is 2.16 bits per heavy atom. The Bertz CT molecular complexity index is 961. The number of esters is 1. The van der Waals surface area contributed by atoms with Gasteiger partial charge in [0, 0.05) is 5.38 Å². The number of hydrogen-bond donors (Lipinski definition) is 0.